The zero-order valence-corrected chi connectivity index (χ0v) is 18.9. The molecule has 2 aliphatic rings. The highest BCUT2D eigenvalue weighted by molar-refractivity contribution is 7.15. The SMILES string of the molecule is COC(=O)C1CCC(c2ncc(-c3ccc(NC(=O)NC4CCCCC4)cc3)s2)CC1. The summed E-state index contributed by atoms with van der Waals surface area (Å²) >= 11 is 1.72. The Balaban J connectivity index is 1.31. The van der Waals surface area contributed by atoms with Gasteiger partial charge in [-0.15, -0.1) is 11.3 Å². The van der Waals surface area contributed by atoms with Crippen LogP contribution in [-0.2, 0) is 9.53 Å². The molecule has 7 heteroatoms. The molecule has 0 radical (unpaired) electrons. The van der Waals surface area contributed by atoms with E-state index in [-0.39, 0.29) is 17.9 Å². The monoisotopic (exact) mass is 441 g/mol. The van der Waals surface area contributed by atoms with Crippen LogP contribution in [0, 0.1) is 5.92 Å². The Morgan fingerprint density at radius 1 is 1.00 bits per heavy atom. The van der Waals surface area contributed by atoms with Gasteiger partial charge in [-0.2, -0.15) is 0 Å². The number of methoxy groups -OCH3 is 1. The number of ether oxygens (including phenoxy) is 1. The fraction of sp³-hybridized carbons (Fsp3) is 0.542. The average molecular weight is 442 g/mol. The summed E-state index contributed by atoms with van der Waals surface area (Å²) in [7, 11) is 1.46. The van der Waals surface area contributed by atoms with Crippen molar-refractivity contribution in [1.29, 1.82) is 0 Å². The number of thiazole rings is 1. The lowest BCUT2D eigenvalue weighted by molar-refractivity contribution is -0.146. The molecule has 6 nitrogen and oxygen atoms in total. The number of rotatable bonds is 5. The zero-order valence-electron chi connectivity index (χ0n) is 18.1. The van der Waals surface area contributed by atoms with Crippen molar-refractivity contribution in [2.75, 3.05) is 12.4 Å². The summed E-state index contributed by atoms with van der Waals surface area (Å²) in [6.45, 7) is 0. The Morgan fingerprint density at radius 3 is 2.39 bits per heavy atom. The van der Waals surface area contributed by atoms with Gasteiger partial charge in [0.2, 0.25) is 0 Å². The number of anilines is 1. The third-order valence-corrected chi connectivity index (χ3v) is 7.71. The summed E-state index contributed by atoms with van der Waals surface area (Å²) in [6, 6.07) is 8.12. The fourth-order valence-corrected chi connectivity index (χ4v) is 5.76. The normalized spacial score (nSPS) is 22.0. The predicted octanol–water partition coefficient (Wildman–Crippen LogP) is 5.71. The van der Waals surface area contributed by atoms with Crippen LogP contribution in [-0.4, -0.2) is 30.1 Å². The molecule has 4 rings (SSSR count). The molecule has 0 saturated heterocycles. The van der Waals surface area contributed by atoms with E-state index in [1.807, 2.05) is 30.5 Å². The highest BCUT2D eigenvalue weighted by Crippen LogP contribution is 2.39. The molecular formula is C24H31N3O3S. The molecule has 31 heavy (non-hydrogen) atoms. The number of carbonyl (C=O) groups excluding carboxylic acids is 2. The minimum absolute atomic E-state index is 0.0380. The third-order valence-electron chi connectivity index (χ3n) is 6.50. The predicted molar refractivity (Wildman–Crippen MR) is 123 cm³/mol. The van der Waals surface area contributed by atoms with Gasteiger partial charge in [0, 0.05) is 23.8 Å². The molecule has 2 amide bonds. The minimum atomic E-state index is -0.123. The molecule has 166 valence electrons. The Morgan fingerprint density at radius 2 is 1.71 bits per heavy atom. The standard InChI is InChI=1S/C24H31N3O3S/c1-30-23(28)18-9-7-17(8-10-18)22-25-15-21(31-22)16-11-13-20(14-12-16)27-24(29)26-19-5-3-2-4-6-19/h11-15,17-19H,2-10H2,1H3,(H2,26,27,29). The molecule has 0 unspecified atom stereocenters. The Bertz CT molecular complexity index is 882. The second kappa shape index (κ2) is 10.3. The summed E-state index contributed by atoms with van der Waals surface area (Å²) in [5.41, 5.74) is 1.90. The van der Waals surface area contributed by atoms with Crippen molar-refractivity contribution < 1.29 is 14.3 Å². The number of amides is 2. The quantitative estimate of drug-likeness (QED) is 0.582. The number of esters is 1. The van der Waals surface area contributed by atoms with Crippen molar-refractivity contribution in [2.24, 2.45) is 5.92 Å². The molecule has 1 aromatic carbocycles. The van der Waals surface area contributed by atoms with E-state index in [0.717, 1.165) is 59.7 Å². The van der Waals surface area contributed by atoms with E-state index in [2.05, 4.69) is 15.6 Å². The molecule has 2 N–H and O–H groups in total. The van der Waals surface area contributed by atoms with Crippen LogP contribution in [0.1, 0.15) is 68.7 Å². The van der Waals surface area contributed by atoms with E-state index in [1.54, 1.807) is 11.3 Å². The fourth-order valence-electron chi connectivity index (χ4n) is 4.67. The number of carbonyl (C=O) groups is 2. The highest BCUT2D eigenvalue weighted by Gasteiger charge is 2.29. The van der Waals surface area contributed by atoms with Crippen LogP contribution in [0.5, 0.6) is 0 Å². The van der Waals surface area contributed by atoms with Crippen molar-refractivity contribution in [3.63, 3.8) is 0 Å². The zero-order chi connectivity index (χ0) is 21.6. The van der Waals surface area contributed by atoms with E-state index >= 15 is 0 Å². The van der Waals surface area contributed by atoms with Crippen molar-refractivity contribution in [3.05, 3.63) is 35.5 Å². The van der Waals surface area contributed by atoms with Gasteiger partial charge in [0.05, 0.1) is 22.9 Å². The lowest BCUT2D eigenvalue weighted by Crippen LogP contribution is -2.38. The molecule has 1 aromatic heterocycles. The van der Waals surface area contributed by atoms with Gasteiger partial charge in [0.1, 0.15) is 0 Å². The van der Waals surface area contributed by atoms with Crippen LogP contribution < -0.4 is 10.6 Å². The maximum atomic E-state index is 12.2. The highest BCUT2D eigenvalue weighted by atomic mass is 32.1. The van der Waals surface area contributed by atoms with E-state index in [4.69, 9.17) is 4.74 Å². The first-order valence-electron chi connectivity index (χ1n) is 11.3. The van der Waals surface area contributed by atoms with Gasteiger partial charge < -0.3 is 15.4 Å². The lowest BCUT2D eigenvalue weighted by Gasteiger charge is -2.25. The van der Waals surface area contributed by atoms with Crippen molar-refractivity contribution in [3.8, 4) is 10.4 Å². The van der Waals surface area contributed by atoms with E-state index in [9.17, 15) is 9.59 Å². The molecule has 2 aromatic rings. The molecule has 2 fully saturated rings. The van der Waals surface area contributed by atoms with E-state index < -0.39 is 0 Å². The number of aromatic nitrogens is 1. The van der Waals surface area contributed by atoms with E-state index in [0.29, 0.717) is 12.0 Å². The Hall–Kier alpha value is -2.41. The molecule has 0 aliphatic heterocycles. The second-order valence-corrected chi connectivity index (χ2v) is 9.71. The third kappa shape index (κ3) is 5.64. The number of hydrogen-bond donors (Lipinski definition) is 2. The molecule has 0 spiro atoms. The summed E-state index contributed by atoms with van der Waals surface area (Å²) in [5.74, 6) is 0.375. The summed E-state index contributed by atoms with van der Waals surface area (Å²) in [4.78, 5) is 29.8. The van der Waals surface area contributed by atoms with E-state index in [1.165, 1.54) is 26.4 Å². The number of hydrogen-bond acceptors (Lipinski definition) is 5. The number of urea groups is 1. The van der Waals surface area contributed by atoms with Gasteiger partial charge in [0.15, 0.2) is 0 Å². The van der Waals surface area contributed by atoms with Gasteiger partial charge in [-0.3, -0.25) is 4.79 Å². The second-order valence-electron chi connectivity index (χ2n) is 8.65. The molecule has 0 atom stereocenters. The van der Waals surface area contributed by atoms with Gasteiger partial charge >= 0.3 is 12.0 Å². The minimum Gasteiger partial charge on any atom is -0.469 e. The first kappa shape index (κ1) is 21.8. The van der Waals surface area contributed by atoms with Crippen molar-refractivity contribution in [1.82, 2.24) is 10.3 Å². The first-order valence-corrected chi connectivity index (χ1v) is 12.2. The van der Waals surface area contributed by atoms with Gasteiger partial charge in [0.25, 0.3) is 0 Å². The first-order chi connectivity index (χ1) is 15.1. The number of nitrogens with zero attached hydrogens (tertiary/aromatic N) is 1. The number of nitrogens with one attached hydrogen (secondary N) is 2. The molecule has 1 heterocycles. The lowest BCUT2D eigenvalue weighted by atomic mass is 9.82. The van der Waals surface area contributed by atoms with Crippen LogP contribution in [0.4, 0.5) is 10.5 Å². The van der Waals surface area contributed by atoms with Crippen LogP contribution in [0.3, 0.4) is 0 Å². The van der Waals surface area contributed by atoms with Crippen LogP contribution in [0.25, 0.3) is 10.4 Å². The average Bonchev–Trinajstić information content (AvgIpc) is 3.30. The Labute approximate surface area is 187 Å². The van der Waals surface area contributed by atoms with Crippen LogP contribution >= 0.6 is 11.3 Å². The maximum Gasteiger partial charge on any atom is 0.319 e. The molecule has 0 bridgehead atoms. The Kier molecular flexibility index (Phi) is 7.22. The van der Waals surface area contributed by atoms with Gasteiger partial charge in [-0.25, -0.2) is 9.78 Å². The molecule has 2 saturated carbocycles. The topological polar surface area (TPSA) is 80.3 Å². The summed E-state index contributed by atoms with van der Waals surface area (Å²) < 4.78 is 4.88. The largest absolute Gasteiger partial charge is 0.469 e. The van der Waals surface area contributed by atoms with Gasteiger partial charge in [-0.05, 0) is 56.2 Å². The smallest absolute Gasteiger partial charge is 0.319 e. The summed E-state index contributed by atoms with van der Waals surface area (Å²) in [5, 5.41) is 7.17. The van der Waals surface area contributed by atoms with Crippen molar-refractivity contribution in [2.45, 2.75) is 69.7 Å². The van der Waals surface area contributed by atoms with Crippen LogP contribution in [0.2, 0.25) is 0 Å². The van der Waals surface area contributed by atoms with Gasteiger partial charge in [-0.1, -0.05) is 31.4 Å². The maximum absolute atomic E-state index is 12.2. The molecule has 2 aliphatic carbocycles. The van der Waals surface area contributed by atoms with Crippen LogP contribution in [0.15, 0.2) is 30.5 Å². The van der Waals surface area contributed by atoms with Crippen molar-refractivity contribution >= 4 is 29.0 Å². The number of benzene rings is 1. The molecular weight excluding hydrogens is 410 g/mol. The summed E-state index contributed by atoms with van der Waals surface area (Å²) in [6.07, 6.45) is 11.4.